The number of hydrogen-bond donors (Lipinski definition) is 2. The van der Waals surface area contributed by atoms with Crippen LogP contribution in [-0.4, -0.2) is 50.0 Å². The third kappa shape index (κ3) is 7.37. The van der Waals surface area contributed by atoms with Crippen LogP contribution in [-0.2, 0) is 4.79 Å². The van der Waals surface area contributed by atoms with Gasteiger partial charge in [-0.05, 0) is 67.9 Å². The van der Waals surface area contributed by atoms with Crippen molar-refractivity contribution in [1.29, 1.82) is 0 Å². The lowest BCUT2D eigenvalue weighted by Crippen LogP contribution is -2.36. The Morgan fingerprint density at radius 1 is 1.09 bits per heavy atom. The van der Waals surface area contributed by atoms with E-state index in [0.29, 0.717) is 22.7 Å². The second-order valence-electron chi connectivity index (χ2n) is 8.36. The van der Waals surface area contributed by atoms with Gasteiger partial charge in [-0.2, -0.15) is 0 Å². The van der Waals surface area contributed by atoms with Crippen LogP contribution in [0.1, 0.15) is 55.5 Å². The summed E-state index contributed by atoms with van der Waals surface area (Å²) in [5, 5.41) is 5.96. The molecular formula is C27H35N3O3S. The third-order valence-corrected chi connectivity index (χ3v) is 6.79. The highest BCUT2D eigenvalue weighted by atomic mass is 32.2. The molecule has 0 fully saturated rings. The van der Waals surface area contributed by atoms with Crippen LogP contribution < -0.4 is 15.4 Å². The summed E-state index contributed by atoms with van der Waals surface area (Å²) in [6.45, 7) is 7.99. The van der Waals surface area contributed by atoms with E-state index >= 15 is 0 Å². The number of fused-ring (bicyclic) bond motifs is 1. The number of carbonyl (C=O) groups is 2. The Bertz CT molecular complexity index is 1010. The third-order valence-electron chi connectivity index (χ3n) is 5.69. The monoisotopic (exact) mass is 481 g/mol. The smallest absolute Gasteiger partial charge is 0.262 e. The van der Waals surface area contributed by atoms with Gasteiger partial charge in [-0.3, -0.25) is 9.59 Å². The summed E-state index contributed by atoms with van der Waals surface area (Å²) in [5.74, 6) is 0.441. The lowest BCUT2D eigenvalue weighted by atomic mass is 10.1. The Labute approximate surface area is 207 Å². The van der Waals surface area contributed by atoms with Crippen molar-refractivity contribution in [2.75, 3.05) is 38.6 Å². The van der Waals surface area contributed by atoms with E-state index in [0.717, 1.165) is 35.8 Å². The highest BCUT2D eigenvalue weighted by Crippen LogP contribution is 2.39. The van der Waals surface area contributed by atoms with E-state index in [4.69, 9.17) is 4.74 Å². The van der Waals surface area contributed by atoms with Crippen LogP contribution in [0.5, 0.6) is 5.75 Å². The minimum absolute atomic E-state index is 0.120. The molecule has 182 valence electrons. The van der Waals surface area contributed by atoms with Crippen molar-refractivity contribution < 1.29 is 14.3 Å². The predicted molar refractivity (Wildman–Crippen MR) is 140 cm³/mol. The van der Waals surface area contributed by atoms with Gasteiger partial charge in [0.2, 0.25) is 0 Å². The van der Waals surface area contributed by atoms with Gasteiger partial charge < -0.3 is 20.3 Å². The standard InChI is InChI=1S/C27H35N3O3S/c1-4-6-14-30(15-7-5-2)16-13-28-26(31)21-11-12-24-23(19-21)29-27(32)25(34-24)18-20-9-8-10-22(17-20)33-3/h8-12,17-19H,4-7,13-16H2,1-3H3,(H,28,31)(H,29,32). The Kier molecular flexibility index (Phi) is 10.0. The molecule has 0 bridgehead atoms. The lowest BCUT2D eigenvalue weighted by Gasteiger charge is -2.22. The van der Waals surface area contributed by atoms with Crippen LogP contribution in [0, 0.1) is 0 Å². The molecule has 1 heterocycles. The molecule has 0 radical (unpaired) electrons. The number of amides is 2. The molecule has 1 aliphatic rings. The molecule has 1 aliphatic heterocycles. The van der Waals surface area contributed by atoms with Gasteiger partial charge in [-0.1, -0.05) is 50.6 Å². The highest BCUT2D eigenvalue weighted by molar-refractivity contribution is 8.04. The molecule has 3 rings (SSSR count). The fraction of sp³-hybridized carbons (Fsp3) is 0.407. The van der Waals surface area contributed by atoms with Crippen molar-refractivity contribution in [2.24, 2.45) is 0 Å². The molecule has 0 saturated heterocycles. The minimum Gasteiger partial charge on any atom is -0.497 e. The average Bonchev–Trinajstić information content (AvgIpc) is 2.85. The quantitative estimate of drug-likeness (QED) is 0.397. The number of rotatable bonds is 12. The van der Waals surface area contributed by atoms with Gasteiger partial charge in [-0.15, -0.1) is 0 Å². The Morgan fingerprint density at radius 2 is 1.85 bits per heavy atom. The zero-order valence-electron chi connectivity index (χ0n) is 20.4. The first kappa shape index (κ1) is 25.8. The molecule has 0 saturated carbocycles. The van der Waals surface area contributed by atoms with Crippen LogP contribution in [0.4, 0.5) is 5.69 Å². The molecule has 0 spiro atoms. The largest absolute Gasteiger partial charge is 0.497 e. The minimum atomic E-state index is -0.180. The van der Waals surface area contributed by atoms with E-state index in [-0.39, 0.29) is 11.8 Å². The summed E-state index contributed by atoms with van der Waals surface area (Å²) >= 11 is 1.40. The summed E-state index contributed by atoms with van der Waals surface area (Å²) in [6.07, 6.45) is 6.53. The molecule has 2 aromatic rings. The van der Waals surface area contributed by atoms with E-state index in [2.05, 4.69) is 29.4 Å². The molecule has 0 unspecified atom stereocenters. The fourth-order valence-electron chi connectivity index (χ4n) is 3.71. The second kappa shape index (κ2) is 13.2. The van der Waals surface area contributed by atoms with Crippen molar-refractivity contribution in [3.8, 4) is 5.75 Å². The topological polar surface area (TPSA) is 70.7 Å². The highest BCUT2D eigenvalue weighted by Gasteiger charge is 2.22. The van der Waals surface area contributed by atoms with Crippen molar-refractivity contribution in [3.63, 3.8) is 0 Å². The van der Waals surface area contributed by atoms with E-state index in [9.17, 15) is 9.59 Å². The van der Waals surface area contributed by atoms with E-state index in [1.54, 1.807) is 13.2 Å². The summed E-state index contributed by atoms with van der Waals surface area (Å²) in [5.41, 5.74) is 2.11. The van der Waals surface area contributed by atoms with Crippen LogP contribution in [0.3, 0.4) is 0 Å². The summed E-state index contributed by atoms with van der Waals surface area (Å²) in [7, 11) is 1.62. The fourth-order valence-corrected chi connectivity index (χ4v) is 4.64. The predicted octanol–water partition coefficient (Wildman–Crippen LogP) is 5.41. The van der Waals surface area contributed by atoms with Crippen molar-refractivity contribution >= 4 is 35.3 Å². The van der Waals surface area contributed by atoms with Gasteiger partial charge in [0.25, 0.3) is 11.8 Å². The molecule has 2 aromatic carbocycles. The first-order chi connectivity index (χ1) is 16.5. The van der Waals surface area contributed by atoms with Gasteiger partial charge in [0.05, 0.1) is 17.7 Å². The van der Waals surface area contributed by atoms with Crippen LogP contribution in [0.2, 0.25) is 0 Å². The lowest BCUT2D eigenvalue weighted by molar-refractivity contribution is -0.112. The average molecular weight is 482 g/mol. The number of thioether (sulfide) groups is 1. The molecule has 34 heavy (non-hydrogen) atoms. The number of anilines is 1. The van der Waals surface area contributed by atoms with Crippen LogP contribution in [0.25, 0.3) is 6.08 Å². The number of unbranched alkanes of at least 4 members (excludes halogenated alkanes) is 2. The van der Waals surface area contributed by atoms with Crippen molar-refractivity contribution in [3.05, 3.63) is 58.5 Å². The number of ether oxygens (including phenoxy) is 1. The van der Waals surface area contributed by atoms with Gasteiger partial charge in [-0.25, -0.2) is 0 Å². The first-order valence-electron chi connectivity index (χ1n) is 12.0. The van der Waals surface area contributed by atoms with Crippen molar-refractivity contribution in [2.45, 2.75) is 44.4 Å². The number of hydrogen-bond acceptors (Lipinski definition) is 5. The van der Waals surface area contributed by atoms with Gasteiger partial charge in [0.15, 0.2) is 0 Å². The van der Waals surface area contributed by atoms with E-state index in [1.165, 1.54) is 37.4 Å². The molecule has 0 atom stereocenters. The zero-order chi connectivity index (χ0) is 24.3. The number of nitrogens with zero attached hydrogens (tertiary/aromatic N) is 1. The number of methoxy groups -OCH3 is 1. The summed E-state index contributed by atoms with van der Waals surface area (Å²) in [6, 6.07) is 13.0. The first-order valence-corrected chi connectivity index (χ1v) is 12.8. The maximum atomic E-state index is 12.7. The van der Waals surface area contributed by atoms with Crippen LogP contribution in [0.15, 0.2) is 52.3 Å². The molecule has 7 heteroatoms. The molecular weight excluding hydrogens is 446 g/mol. The number of carbonyl (C=O) groups excluding carboxylic acids is 2. The number of benzene rings is 2. The van der Waals surface area contributed by atoms with Crippen molar-refractivity contribution in [1.82, 2.24) is 10.2 Å². The van der Waals surface area contributed by atoms with Gasteiger partial charge >= 0.3 is 0 Å². The maximum Gasteiger partial charge on any atom is 0.262 e. The van der Waals surface area contributed by atoms with Crippen LogP contribution >= 0.6 is 11.8 Å². The second-order valence-corrected chi connectivity index (χ2v) is 9.44. The molecule has 2 N–H and O–H groups in total. The SMILES string of the molecule is CCCCN(CCCC)CCNC(=O)c1ccc2c(c1)NC(=O)C(=Cc1cccc(OC)c1)S2. The normalized spacial score (nSPS) is 14.1. The zero-order valence-corrected chi connectivity index (χ0v) is 21.2. The molecule has 6 nitrogen and oxygen atoms in total. The maximum absolute atomic E-state index is 12.7. The van der Waals surface area contributed by atoms with E-state index in [1.807, 2.05) is 42.5 Å². The van der Waals surface area contributed by atoms with Gasteiger partial charge in [0, 0.05) is 23.5 Å². The molecule has 0 aliphatic carbocycles. The number of nitrogens with one attached hydrogen (secondary N) is 2. The Balaban J connectivity index is 1.61. The Hall–Kier alpha value is -2.77. The summed E-state index contributed by atoms with van der Waals surface area (Å²) < 4.78 is 5.26. The molecule has 0 aromatic heterocycles. The molecule has 2 amide bonds. The van der Waals surface area contributed by atoms with Gasteiger partial charge in [0.1, 0.15) is 5.75 Å². The van der Waals surface area contributed by atoms with E-state index < -0.39 is 0 Å². The Morgan fingerprint density at radius 3 is 2.56 bits per heavy atom. The summed E-state index contributed by atoms with van der Waals surface area (Å²) in [4.78, 5) is 29.3.